The minimum absolute atomic E-state index is 0.0179. The summed E-state index contributed by atoms with van der Waals surface area (Å²) >= 11 is 0. The van der Waals surface area contributed by atoms with Crippen molar-refractivity contribution >= 4 is 28.5 Å². The Morgan fingerprint density at radius 3 is 2.71 bits per heavy atom. The van der Waals surface area contributed by atoms with Crippen molar-refractivity contribution in [2.75, 3.05) is 0 Å². The number of rotatable bonds is 3. The van der Waals surface area contributed by atoms with Crippen LogP contribution in [0.1, 0.15) is 42.4 Å². The SMILES string of the molecule is CC(C)OC(=O)C1=CN(C(=O)c2ccc(F)c(F)c2)C(C)Cc2c1[nH]c1ncccc21. The van der Waals surface area contributed by atoms with E-state index >= 15 is 0 Å². The van der Waals surface area contributed by atoms with E-state index in [2.05, 4.69) is 9.97 Å². The Kier molecular flexibility index (Phi) is 5.31. The molecule has 3 aromatic rings. The highest BCUT2D eigenvalue weighted by atomic mass is 19.2. The Morgan fingerprint density at radius 2 is 2.00 bits per heavy atom. The number of benzene rings is 1. The van der Waals surface area contributed by atoms with Gasteiger partial charge in [0.2, 0.25) is 0 Å². The smallest absolute Gasteiger partial charge is 0.342 e. The van der Waals surface area contributed by atoms with E-state index in [-0.39, 0.29) is 23.3 Å². The lowest BCUT2D eigenvalue weighted by molar-refractivity contribution is -0.140. The number of amides is 1. The van der Waals surface area contributed by atoms with Gasteiger partial charge < -0.3 is 14.6 Å². The Labute approximate surface area is 177 Å². The number of fused-ring (bicyclic) bond motifs is 3. The molecule has 1 amide bonds. The van der Waals surface area contributed by atoms with Crippen LogP contribution in [0.3, 0.4) is 0 Å². The van der Waals surface area contributed by atoms with Gasteiger partial charge in [-0.25, -0.2) is 18.6 Å². The number of carbonyl (C=O) groups excluding carboxylic acids is 2. The van der Waals surface area contributed by atoms with E-state index in [0.717, 1.165) is 23.1 Å². The highest BCUT2D eigenvalue weighted by Crippen LogP contribution is 2.33. The van der Waals surface area contributed by atoms with Crippen LogP contribution >= 0.6 is 0 Å². The molecule has 0 bridgehead atoms. The van der Waals surface area contributed by atoms with Crippen LogP contribution in [0.2, 0.25) is 0 Å². The van der Waals surface area contributed by atoms with Crippen LogP contribution in [0.5, 0.6) is 0 Å². The third-order valence-electron chi connectivity index (χ3n) is 5.15. The maximum absolute atomic E-state index is 13.7. The fraction of sp³-hybridized carbons (Fsp3) is 0.261. The van der Waals surface area contributed by atoms with Gasteiger partial charge in [-0.1, -0.05) is 0 Å². The van der Waals surface area contributed by atoms with Crippen molar-refractivity contribution in [3.8, 4) is 0 Å². The monoisotopic (exact) mass is 425 g/mol. The molecule has 3 heterocycles. The topological polar surface area (TPSA) is 75.3 Å². The van der Waals surface area contributed by atoms with Gasteiger partial charge in [0, 0.05) is 29.4 Å². The van der Waals surface area contributed by atoms with E-state index in [0.29, 0.717) is 17.8 Å². The molecular formula is C23H21F2N3O3. The van der Waals surface area contributed by atoms with E-state index in [9.17, 15) is 18.4 Å². The molecule has 0 spiro atoms. The first-order chi connectivity index (χ1) is 14.8. The van der Waals surface area contributed by atoms with E-state index in [1.807, 2.05) is 13.0 Å². The highest BCUT2D eigenvalue weighted by molar-refractivity contribution is 6.18. The van der Waals surface area contributed by atoms with Gasteiger partial charge in [-0.3, -0.25) is 4.79 Å². The number of pyridine rings is 1. The van der Waals surface area contributed by atoms with E-state index in [4.69, 9.17) is 4.74 Å². The van der Waals surface area contributed by atoms with E-state index in [1.165, 1.54) is 17.2 Å². The Hall–Kier alpha value is -3.55. The number of nitrogens with one attached hydrogen (secondary N) is 1. The number of nitrogens with zero attached hydrogens (tertiary/aromatic N) is 2. The molecule has 1 aromatic carbocycles. The zero-order valence-corrected chi connectivity index (χ0v) is 17.3. The van der Waals surface area contributed by atoms with E-state index in [1.54, 1.807) is 26.1 Å². The molecule has 8 heteroatoms. The molecule has 1 atom stereocenters. The van der Waals surface area contributed by atoms with Crippen molar-refractivity contribution in [3.63, 3.8) is 0 Å². The second kappa shape index (κ2) is 7.94. The minimum atomic E-state index is -1.11. The zero-order valence-electron chi connectivity index (χ0n) is 17.3. The lowest BCUT2D eigenvalue weighted by Crippen LogP contribution is -2.35. The van der Waals surface area contributed by atoms with Crippen LogP contribution in [-0.4, -0.2) is 38.9 Å². The quantitative estimate of drug-likeness (QED) is 0.638. The molecular weight excluding hydrogens is 404 g/mol. The molecule has 0 radical (unpaired) electrons. The Morgan fingerprint density at radius 1 is 1.23 bits per heavy atom. The molecule has 0 fully saturated rings. The highest BCUT2D eigenvalue weighted by Gasteiger charge is 2.32. The summed E-state index contributed by atoms with van der Waals surface area (Å²) < 4.78 is 32.5. The summed E-state index contributed by atoms with van der Waals surface area (Å²) in [4.78, 5) is 35.0. The first-order valence-electron chi connectivity index (χ1n) is 9.92. The van der Waals surface area contributed by atoms with Gasteiger partial charge in [-0.05, 0) is 63.1 Å². The van der Waals surface area contributed by atoms with Gasteiger partial charge in [-0.2, -0.15) is 0 Å². The number of halogens is 2. The van der Waals surface area contributed by atoms with Gasteiger partial charge >= 0.3 is 5.97 Å². The molecule has 0 aliphatic carbocycles. The maximum Gasteiger partial charge on any atom is 0.342 e. The second-order valence-corrected chi connectivity index (χ2v) is 7.77. The molecule has 0 saturated heterocycles. The van der Waals surface area contributed by atoms with Crippen molar-refractivity contribution in [1.29, 1.82) is 0 Å². The van der Waals surface area contributed by atoms with Crippen LogP contribution in [0.15, 0.2) is 42.7 Å². The standard InChI is InChI=1S/C23H21F2N3O3/c1-12(2)31-23(30)17-11-28(22(29)14-6-7-18(24)19(25)10-14)13(3)9-16-15-5-4-8-26-21(15)27-20(16)17/h4-8,10-13H,9H2,1-3H3,(H,26,27). The first kappa shape index (κ1) is 20.7. The number of esters is 1. The van der Waals surface area contributed by atoms with Crippen LogP contribution in [0.25, 0.3) is 16.6 Å². The summed E-state index contributed by atoms with van der Waals surface area (Å²) in [5.74, 6) is -3.29. The van der Waals surface area contributed by atoms with Crippen molar-refractivity contribution in [3.05, 3.63) is 71.2 Å². The predicted molar refractivity (Wildman–Crippen MR) is 111 cm³/mol. The molecule has 31 heavy (non-hydrogen) atoms. The number of aromatic amines is 1. The number of carbonyl (C=O) groups is 2. The molecule has 160 valence electrons. The minimum Gasteiger partial charge on any atom is -0.459 e. The summed E-state index contributed by atoms with van der Waals surface area (Å²) in [6.07, 6.45) is 3.12. The lowest BCUT2D eigenvalue weighted by Gasteiger charge is -2.25. The molecule has 1 N–H and O–H groups in total. The molecule has 4 rings (SSSR count). The van der Waals surface area contributed by atoms with Crippen LogP contribution in [0, 0.1) is 11.6 Å². The van der Waals surface area contributed by atoms with Gasteiger partial charge in [0.05, 0.1) is 17.4 Å². The average molecular weight is 425 g/mol. The number of hydrogen-bond acceptors (Lipinski definition) is 4. The van der Waals surface area contributed by atoms with Crippen molar-refractivity contribution < 1.29 is 23.1 Å². The summed E-state index contributed by atoms with van der Waals surface area (Å²) in [5.41, 5.74) is 2.15. The summed E-state index contributed by atoms with van der Waals surface area (Å²) in [6.45, 7) is 5.29. The average Bonchev–Trinajstić information content (AvgIpc) is 3.00. The molecule has 1 aliphatic heterocycles. The van der Waals surface area contributed by atoms with Crippen molar-refractivity contribution in [2.45, 2.75) is 39.3 Å². The van der Waals surface area contributed by atoms with Gasteiger partial charge in [0.25, 0.3) is 5.91 Å². The summed E-state index contributed by atoms with van der Waals surface area (Å²) in [6, 6.07) is 6.30. The van der Waals surface area contributed by atoms with E-state index < -0.39 is 23.5 Å². The number of aromatic nitrogens is 2. The number of ether oxygens (including phenoxy) is 1. The van der Waals surface area contributed by atoms with Crippen LogP contribution in [-0.2, 0) is 16.0 Å². The molecule has 2 aromatic heterocycles. The lowest BCUT2D eigenvalue weighted by atomic mass is 10.0. The van der Waals surface area contributed by atoms with Gasteiger partial charge in [-0.15, -0.1) is 0 Å². The fourth-order valence-electron chi connectivity index (χ4n) is 3.71. The van der Waals surface area contributed by atoms with Crippen molar-refractivity contribution in [1.82, 2.24) is 14.9 Å². The van der Waals surface area contributed by atoms with Crippen LogP contribution < -0.4 is 0 Å². The van der Waals surface area contributed by atoms with Gasteiger partial charge in [0.15, 0.2) is 11.6 Å². The zero-order chi connectivity index (χ0) is 22.3. The largest absolute Gasteiger partial charge is 0.459 e. The Balaban J connectivity index is 1.84. The fourth-order valence-corrected chi connectivity index (χ4v) is 3.71. The summed E-state index contributed by atoms with van der Waals surface area (Å²) in [5, 5.41) is 0.842. The van der Waals surface area contributed by atoms with Crippen LogP contribution in [0.4, 0.5) is 8.78 Å². The number of H-pyrrole nitrogens is 1. The second-order valence-electron chi connectivity index (χ2n) is 7.77. The first-order valence-corrected chi connectivity index (χ1v) is 9.92. The molecule has 1 unspecified atom stereocenters. The molecule has 1 aliphatic rings. The number of hydrogen-bond donors (Lipinski definition) is 1. The van der Waals surface area contributed by atoms with Crippen molar-refractivity contribution in [2.24, 2.45) is 0 Å². The van der Waals surface area contributed by atoms with Gasteiger partial charge in [0.1, 0.15) is 5.65 Å². The summed E-state index contributed by atoms with van der Waals surface area (Å²) in [7, 11) is 0. The molecule has 6 nitrogen and oxygen atoms in total. The molecule has 0 saturated carbocycles. The predicted octanol–water partition coefficient (Wildman–Crippen LogP) is 4.22. The Bertz CT molecular complexity index is 1220. The third-order valence-corrected chi connectivity index (χ3v) is 5.15. The third kappa shape index (κ3) is 3.81. The maximum atomic E-state index is 13.7. The normalized spacial score (nSPS) is 16.1.